The number of nitrogens with zero attached hydrogens (tertiary/aromatic N) is 3. The molecule has 4 nitrogen and oxygen atoms in total. The number of hydrogen-bond donors (Lipinski definition) is 1. The van der Waals surface area contributed by atoms with E-state index in [-0.39, 0.29) is 0 Å². The molecule has 0 aliphatic rings. The lowest BCUT2D eigenvalue weighted by atomic mass is 10.2. The van der Waals surface area contributed by atoms with Gasteiger partial charge in [-0.1, -0.05) is 26.8 Å². The minimum absolute atomic E-state index is 0.349. The molecule has 0 fully saturated rings. The van der Waals surface area contributed by atoms with Crippen LogP contribution in [0.15, 0.2) is 23.7 Å². The Morgan fingerprint density at radius 3 is 2.81 bits per heavy atom. The third-order valence-corrected chi connectivity index (χ3v) is 4.17. The van der Waals surface area contributed by atoms with E-state index < -0.39 is 0 Å². The van der Waals surface area contributed by atoms with E-state index in [0.29, 0.717) is 5.92 Å². The zero-order chi connectivity index (χ0) is 15.2. The van der Waals surface area contributed by atoms with E-state index in [1.165, 1.54) is 4.88 Å². The zero-order valence-electron chi connectivity index (χ0n) is 13.3. The highest BCUT2D eigenvalue weighted by molar-refractivity contribution is 7.09. The van der Waals surface area contributed by atoms with Gasteiger partial charge >= 0.3 is 0 Å². The quantitative estimate of drug-likeness (QED) is 0.851. The van der Waals surface area contributed by atoms with E-state index in [2.05, 4.69) is 60.5 Å². The molecule has 0 saturated carbocycles. The van der Waals surface area contributed by atoms with Crippen LogP contribution in [-0.2, 0) is 13.1 Å². The summed E-state index contributed by atoms with van der Waals surface area (Å²) in [4.78, 5) is 12.8. The van der Waals surface area contributed by atoms with Gasteiger partial charge in [-0.05, 0) is 18.0 Å². The summed E-state index contributed by atoms with van der Waals surface area (Å²) in [6, 6.07) is 4.25. The van der Waals surface area contributed by atoms with Gasteiger partial charge in [0.25, 0.3) is 0 Å². The Morgan fingerprint density at radius 1 is 1.38 bits per heavy atom. The first-order valence-corrected chi connectivity index (χ1v) is 8.29. The standard InChI is InChI=1S/C16H24N4S/c1-5-17-9-14-15(10-18-16(19-14)12(2)3)20(4)11-13-7-6-8-21-13/h6-8,10,12,17H,5,9,11H2,1-4H3. The van der Waals surface area contributed by atoms with Crippen LogP contribution >= 0.6 is 11.3 Å². The molecule has 2 aromatic rings. The number of anilines is 1. The molecule has 0 atom stereocenters. The number of rotatable bonds is 7. The van der Waals surface area contributed by atoms with Crippen LogP contribution in [0.3, 0.4) is 0 Å². The summed E-state index contributed by atoms with van der Waals surface area (Å²) in [6.45, 7) is 8.97. The lowest BCUT2D eigenvalue weighted by Crippen LogP contribution is -2.22. The Hall–Kier alpha value is -1.46. The SMILES string of the molecule is CCNCc1nc(C(C)C)ncc1N(C)Cc1cccs1. The fraction of sp³-hybridized carbons (Fsp3) is 0.500. The largest absolute Gasteiger partial charge is 0.367 e. The summed E-state index contributed by atoms with van der Waals surface area (Å²) in [6.07, 6.45) is 1.96. The maximum absolute atomic E-state index is 4.75. The second-order valence-electron chi connectivity index (χ2n) is 5.43. The second-order valence-corrected chi connectivity index (χ2v) is 6.46. The smallest absolute Gasteiger partial charge is 0.131 e. The van der Waals surface area contributed by atoms with Gasteiger partial charge in [-0.25, -0.2) is 9.97 Å². The minimum Gasteiger partial charge on any atom is -0.367 e. The molecule has 5 heteroatoms. The minimum atomic E-state index is 0.349. The maximum atomic E-state index is 4.75. The highest BCUT2D eigenvalue weighted by Gasteiger charge is 2.13. The summed E-state index contributed by atoms with van der Waals surface area (Å²) in [5.41, 5.74) is 2.18. The molecule has 0 bridgehead atoms. The summed E-state index contributed by atoms with van der Waals surface area (Å²) in [5, 5.41) is 5.48. The van der Waals surface area contributed by atoms with Crippen LogP contribution in [0, 0.1) is 0 Å². The van der Waals surface area contributed by atoms with Gasteiger partial charge < -0.3 is 10.2 Å². The third-order valence-electron chi connectivity index (χ3n) is 3.31. The molecule has 0 aromatic carbocycles. The zero-order valence-corrected chi connectivity index (χ0v) is 14.1. The van der Waals surface area contributed by atoms with Gasteiger partial charge in [-0.2, -0.15) is 0 Å². The first-order valence-electron chi connectivity index (χ1n) is 7.41. The summed E-state index contributed by atoms with van der Waals surface area (Å²) >= 11 is 1.78. The van der Waals surface area contributed by atoms with Gasteiger partial charge in [-0.3, -0.25) is 0 Å². The van der Waals surface area contributed by atoms with E-state index in [9.17, 15) is 0 Å². The van der Waals surface area contributed by atoms with Crippen molar-refractivity contribution in [1.82, 2.24) is 15.3 Å². The third kappa shape index (κ3) is 4.25. The Kier molecular flexibility index (Phi) is 5.70. The molecule has 21 heavy (non-hydrogen) atoms. The highest BCUT2D eigenvalue weighted by atomic mass is 32.1. The van der Waals surface area contributed by atoms with Crippen molar-refractivity contribution in [2.75, 3.05) is 18.5 Å². The average Bonchev–Trinajstić information content (AvgIpc) is 2.97. The summed E-state index contributed by atoms with van der Waals surface area (Å²) in [7, 11) is 2.10. The molecule has 0 saturated heterocycles. The second kappa shape index (κ2) is 7.52. The Balaban J connectivity index is 2.23. The van der Waals surface area contributed by atoms with Crippen LogP contribution in [0.25, 0.3) is 0 Å². The Labute approximate surface area is 131 Å². The van der Waals surface area contributed by atoms with E-state index in [0.717, 1.165) is 36.8 Å². The highest BCUT2D eigenvalue weighted by Crippen LogP contribution is 2.22. The Bertz CT molecular complexity index is 551. The van der Waals surface area contributed by atoms with Gasteiger partial charge in [0.05, 0.1) is 24.1 Å². The fourth-order valence-electron chi connectivity index (χ4n) is 2.12. The van der Waals surface area contributed by atoms with Crippen molar-refractivity contribution in [2.45, 2.75) is 39.8 Å². The number of hydrogen-bond acceptors (Lipinski definition) is 5. The van der Waals surface area contributed by atoms with Crippen LogP contribution < -0.4 is 10.2 Å². The molecule has 0 unspecified atom stereocenters. The average molecular weight is 304 g/mol. The monoisotopic (exact) mass is 304 g/mol. The van der Waals surface area contributed by atoms with Gasteiger partial charge in [0, 0.05) is 24.4 Å². The molecule has 114 valence electrons. The molecule has 0 aliphatic carbocycles. The maximum Gasteiger partial charge on any atom is 0.131 e. The van der Waals surface area contributed by atoms with Crippen molar-refractivity contribution in [3.05, 3.63) is 40.1 Å². The van der Waals surface area contributed by atoms with Gasteiger partial charge in [0.1, 0.15) is 5.82 Å². The first-order chi connectivity index (χ1) is 10.1. The predicted octanol–water partition coefficient (Wildman–Crippen LogP) is 3.41. The molecule has 0 spiro atoms. The molecule has 2 rings (SSSR count). The molecule has 0 aliphatic heterocycles. The van der Waals surface area contributed by atoms with Crippen molar-refractivity contribution in [3.8, 4) is 0 Å². The van der Waals surface area contributed by atoms with Gasteiger partial charge in [0.15, 0.2) is 0 Å². The van der Waals surface area contributed by atoms with Crippen LogP contribution in [0.5, 0.6) is 0 Å². The van der Waals surface area contributed by atoms with Crippen LogP contribution in [0.1, 0.15) is 43.1 Å². The topological polar surface area (TPSA) is 41.1 Å². The summed E-state index contributed by atoms with van der Waals surface area (Å²) < 4.78 is 0. The Morgan fingerprint density at radius 2 is 2.19 bits per heavy atom. The molecular formula is C16H24N4S. The van der Waals surface area contributed by atoms with Crippen LogP contribution in [0.2, 0.25) is 0 Å². The fourth-order valence-corrected chi connectivity index (χ4v) is 2.88. The van der Waals surface area contributed by atoms with Gasteiger partial charge in [-0.15, -0.1) is 11.3 Å². The molecule has 2 aromatic heterocycles. The number of aromatic nitrogens is 2. The molecule has 1 N–H and O–H groups in total. The molecule has 0 radical (unpaired) electrons. The normalized spacial score (nSPS) is 11.1. The van der Waals surface area contributed by atoms with Crippen LogP contribution in [0.4, 0.5) is 5.69 Å². The van der Waals surface area contributed by atoms with E-state index in [1.54, 1.807) is 11.3 Å². The molecule has 0 amide bonds. The van der Waals surface area contributed by atoms with Gasteiger partial charge in [0.2, 0.25) is 0 Å². The summed E-state index contributed by atoms with van der Waals surface area (Å²) in [5.74, 6) is 1.26. The van der Waals surface area contributed by atoms with E-state index >= 15 is 0 Å². The number of thiophene rings is 1. The lowest BCUT2D eigenvalue weighted by Gasteiger charge is -2.22. The van der Waals surface area contributed by atoms with Crippen molar-refractivity contribution in [2.24, 2.45) is 0 Å². The predicted molar refractivity (Wildman–Crippen MR) is 89.9 cm³/mol. The van der Waals surface area contributed by atoms with Crippen LogP contribution in [-0.4, -0.2) is 23.6 Å². The van der Waals surface area contributed by atoms with Crippen molar-refractivity contribution in [1.29, 1.82) is 0 Å². The van der Waals surface area contributed by atoms with E-state index in [4.69, 9.17) is 4.98 Å². The number of nitrogens with one attached hydrogen (secondary N) is 1. The first kappa shape index (κ1) is 15.9. The van der Waals surface area contributed by atoms with Crippen molar-refractivity contribution in [3.63, 3.8) is 0 Å². The van der Waals surface area contributed by atoms with Crippen molar-refractivity contribution >= 4 is 17.0 Å². The lowest BCUT2D eigenvalue weighted by molar-refractivity contribution is 0.682. The molecular weight excluding hydrogens is 280 g/mol. The molecule has 2 heterocycles. The van der Waals surface area contributed by atoms with E-state index in [1.807, 2.05) is 6.20 Å². The van der Waals surface area contributed by atoms with Crippen molar-refractivity contribution < 1.29 is 0 Å².